The van der Waals surface area contributed by atoms with Crippen molar-refractivity contribution >= 4 is 19.3 Å². The van der Waals surface area contributed by atoms with Crippen molar-refractivity contribution in [1.29, 1.82) is 0 Å². The van der Waals surface area contributed by atoms with Crippen LogP contribution in [0.2, 0.25) is 18.1 Å². The predicted molar refractivity (Wildman–Crippen MR) is 108 cm³/mol. The van der Waals surface area contributed by atoms with Crippen LogP contribution in [0.25, 0.3) is 0 Å². The van der Waals surface area contributed by atoms with Gasteiger partial charge >= 0.3 is 6.18 Å². The molecule has 156 valence electrons. The highest BCUT2D eigenvalue weighted by molar-refractivity contribution is 7.84. The molecule has 0 saturated carbocycles. The van der Waals surface area contributed by atoms with Crippen molar-refractivity contribution in [2.45, 2.75) is 76.6 Å². The van der Waals surface area contributed by atoms with E-state index < -0.39 is 41.8 Å². The number of alkyl halides is 3. The third-order valence-electron chi connectivity index (χ3n) is 4.86. The van der Waals surface area contributed by atoms with Crippen molar-refractivity contribution in [3.05, 3.63) is 35.4 Å². The zero-order valence-corrected chi connectivity index (χ0v) is 19.3. The van der Waals surface area contributed by atoms with E-state index in [2.05, 4.69) is 38.6 Å². The standard InChI is InChI=1S/C19H32F3NO2SSi/c1-17(2,3)26(24)23-16(13-25-27(7,8)18(4,5)6)14-9-11-15(12-10-14)19(20,21)22/h9-12,16,23H,13H2,1-8H3/t16-,26?/m1/s1. The number of nitrogens with one attached hydrogen (secondary N) is 1. The monoisotopic (exact) mass is 423 g/mol. The van der Waals surface area contributed by atoms with Crippen LogP contribution in [0.3, 0.4) is 0 Å². The average Bonchev–Trinajstić information content (AvgIpc) is 2.48. The lowest BCUT2D eigenvalue weighted by Gasteiger charge is -2.37. The van der Waals surface area contributed by atoms with Gasteiger partial charge in [-0.15, -0.1) is 0 Å². The Labute approximate surface area is 164 Å². The van der Waals surface area contributed by atoms with E-state index >= 15 is 0 Å². The summed E-state index contributed by atoms with van der Waals surface area (Å²) in [5.74, 6) is 0. The summed E-state index contributed by atoms with van der Waals surface area (Å²) in [5.41, 5.74) is -0.0773. The van der Waals surface area contributed by atoms with Crippen molar-refractivity contribution in [3.63, 3.8) is 0 Å². The third kappa shape index (κ3) is 7.00. The lowest BCUT2D eigenvalue weighted by Crippen LogP contribution is -2.44. The molecule has 1 aromatic carbocycles. The molecule has 0 aliphatic rings. The molecular weight excluding hydrogens is 391 g/mol. The van der Waals surface area contributed by atoms with Gasteiger partial charge in [0.15, 0.2) is 8.32 Å². The van der Waals surface area contributed by atoms with Crippen LogP contribution in [-0.2, 0) is 21.6 Å². The van der Waals surface area contributed by atoms with Crippen molar-refractivity contribution < 1.29 is 21.8 Å². The Kier molecular flexibility index (Phi) is 7.52. The molecule has 0 aliphatic heterocycles. The van der Waals surface area contributed by atoms with E-state index in [9.17, 15) is 17.4 Å². The lowest BCUT2D eigenvalue weighted by molar-refractivity contribution is -0.137. The molecule has 0 aliphatic carbocycles. The first kappa shape index (κ1) is 24.3. The topological polar surface area (TPSA) is 38.3 Å². The van der Waals surface area contributed by atoms with Crippen LogP contribution in [0.15, 0.2) is 24.3 Å². The molecule has 3 nitrogen and oxygen atoms in total. The molecule has 0 aromatic heterocycles. The fourth-order valence-corrected chi connectivity index (χ4v) is 3.75. The molecule has 0 fully saturated rings. The molecule has 8 heteroatoms. The molecule has 0 radical (unpaired) electrons. The Balaban J connectivity index is 3.10. The molecule has 1 N–H and O–H groups in total. The summed E-state index contributed by atoms with van der Waals surface area (Å²) < 4.78 is 59.9. The smallest absolute Gasteiger partial charge is 0.415 e. The van der Waals surface area contributed by atoms with E-state index in [1.807, 2.05) is 20.8 Å². The Morgan fingerprint density at radius 1 is 1.04 bits per heavy atom. The highest BCUT2D eigenvalue weighted by Gasteiger charge is 2.38. The van der Waals surface area contributed by atoms with Crippen LogP contribution < -0.4 is 4.72 Å². The molecular formula is C19H32F3NO2SSi. The zero-order chi connectivity index (χ0) is 21.3. The van der Waals surface area contributed by atoms with Gasteiger partial charge < -0.3 is 4.43 Å². The van der Waals surface area contributed by atoms with E-state index in [0.29, 0.717) is 5.56 Å². The summed E-state index contributed by atoms with van der Waals surface area (Å²) in [5, 5.41) is 0.000864. The maximum atomic E-state index is 12.8. The number of rotatable bonds is 6. The normalized spacial score (nSPS) is 16.3. The van der Waals surface area contributed by atoms with Crippen LogP contribution in [0.4, 0.5) is 13.2 Å². The van der Waals surface area contributed by atoms with Gasteiger partial charge in [0.2, 0.25) is 0 Å². The fourth-order valence-electron chi connectivity index (χ4n) is 1.92. The molecule has 2 atom stereocenters. The van der Waals surface area contributed by atoms with Crippen LogP contribution in [0.1, 0.15) is 58.7 Å². The van der Waals surface area contributed by atoms with Gasteiger partial charge in [0.05, 0.1) is 33.9 Å². The van der Waals surface area contributed by atoms with Crippen molar-refractivity contribution in [2.75, 3.05) is 6.61 Å². The van der Waals surface area contributed by atoms with Gasteiger partial charge in [-0.2, -0.15) is 13.2 Å². The van der Waals surface area contributed by atoms with E-state index in [0.717, 1.165) is 12.1 Å². The van der Waals surface area contributed by atoms with Gasteiger partial charge in [-0.25, -0.2) is 8.93 Å². The molecule has 1 unspecified atom stereocenters. The van der Waals surface area contributed by atoms with Crippen molar-refractivity contribution in [1.82, 2.24) is 4.72 Å². The highest BCUT2D eigenvalue weighted by atomic mass is 32.2. The van der Waals surface area contributed by atoms with E-state index in [1.54, 1.807) is 0 Å². The third-order valence-corrected chi connectivity index (χ3v) is 11.0. The Morgan fingerprint density at radius 2 is 1.52 bits per heavy atom. The minimum Gasteiger partial charge on any atom is -0.415 e. The second-order valence-corrected chi connectivity index (χ2v) is 16.0. The van der Waals surface area contributed by atoms with E-state index in [1.165, 1.54) is 12.1 Å². The van der Waals surface area contributed by atoms with Crippen molar-refractivity contribution in [2.24, 2.45) is 0 Å². The fraction of sp³-hybridized carbons (Fsp3) is 0.684. The maximum absolute atomic E-state index is 12.8. The summed E-state index contributed by atoms with van der Waals surface area (Å²) in [6.07, 6.45) is -4.38. The summed E-state index contributed by atoms with van der Waals surface area (Å²) in [7, 11) is -3.43. The molecule has 1 rings (SSSR count). The molecule has 0 saturated heterocycles. The zero-order valence-electron chi connectivity index (χ0n) is 17.5. The molecule has 0 spiro atoms. The Hall–Kier alpha value is -0.703. The maximum Gasteiger partial charge on any atom is 0.416 e. The Morgan fingerprint density at radius 3 is 1.89 bits per heavy atom. The van der Waals surface area contributed by atoms with Gasteiger partial charge in [-0.05, 0) is 56.6 Å². The van der Waals surface area contributed by atoms with Gasteiger partial charge in [0.25, 0.3) is 0 Å². The summed E-state index contributed by atoms with van der Waals surface area (Å²) >= 11 is 0. The Bertz CT molecular complexity index is 647. The van der Waals surface area contributed by atoms with Crippen molar-refractivity contribution in [3.8, 4) is 0 Å². The number of hydrogen-bond acceptors (Lipinski definition) is 2. The highest BCUT2D eigenvalue weighted by Crippen LogP contribution is 2.37. The summed E-state index contributed by atoms with van der Waals surface area (Å²) in [6, 6.07) is 4.50. The van der Waals surface area contributed by atoms with Gasteiger partial charge in [-0.3, -0.25) is 0 Å². The number of halogens is 3. The van der Waals surface area contributed by atoms with Crippen LogP contribution in [0.5, 0.6) is 0 Å². The first-order chi connectivity index (χ1) is 11.9. The van der Waals surface area contributed by atoms with Crippen LogP contribution >= 0.6 is 0 Å². The second kappa shape index (κ2) is 8.35. The van der Waals surface area contributed by atoms with Crippen LogP contribution in [-0.4, -0.2) is 23.9 Å². The minimum absolute atomic E-state index is 0.000864. The van der Waals surface area contributed by atoms with E-state index in [4.69, 9.17) is 4.43 Å². The van der Waals surface area contributed by atoms with Gasteiger partial charge in [0.1, 0.15) is 0 Å². The molecule has 1 aromatic rings. The lowest BCUT2D eigenvalue weighted by atomic mass is 10.1. The average molecular weight is 424 g/mol. The van der Waals surface area contributed by atoms with Gasteiger partial charge in [-0.1, -0.05) is 32.9 Å². The predicted octanol–water partition coefficient (Wildman–Crippen LogP) is 5.82. The molecule has 0 heterocycles. The van der Waals surface area contributed by atoms with Gasteiger partial charge in [0, 0.05) is 0 Å². The summed E-state index contributed by atoms with van der Waals surface area (Å²) in [6.45, 7) is 16.4. The van der Waals surface area contributed by atoms with Crippen LogP contribution in [0, 0.1) is 0 Å². The summed E-state index contributed by atoms with van der Waals surface area (Å²) in [4.78, 5) is 0. The minimum atomic E-state index is -4.38. The number of hydrogen-bond donors (Lipinski definition) is 1. The SMILES string of the molecule is CC(C)(C)S(=O)N[C@H](CO[Si](C)(C)C(C)(C)C)c1ccc(C(F)(F)F)cc1. The second-order valence-electron chi connectivity index (χ2n) is 9.24. The largest absolute Gasteiger partial charge is 0.416 e. The first-order valence-electron chi connectivity index (χ1n) is 8.94. The molecule has 0 bridgehead atoms. The molecule has 0 amide bonds. The quantitative estimate of drug-likeness (QED) is 0.586. The first-order valence-corrected chi connectivity index (χ1v) is 13.0. The van der Waals surface area contributed by atoms with E-state index in [-0.39, 0.29) is 11.6 Å². The molecule has 27 heavy (non-hydrogen) atoms. The number of benzene rings is 1.